The highest BCUT2D eigenvalue weighted by Gasteiger charge is 2.16. The third-order valence-electron chi connectivity index (χ3n) is 3.91. The Balaban J connectivity index is 1.72. The van der Waals surface area contributed by atoms with Gasteiger partial charge in [0.2, 0.25) is 0 Å². The number of anilines is 3. The summed E-state index contributed by atoms with van der Waals surface area (Å²) < 4.78 is 13.3. The first kappa shape index (κ1) is 18.1. The van der Waals surface area contributed by atoms with Gasteiger partial charge in [0.15, 0.2) is 5.13 Å². The molecular formula is C20H20FN3OS. The van der Waals surface area contributed by atoms with Crippen LogP contribution in [0.25, 0.3) is 0 Å². The van der Waals surface area contributed by atoms with E-state index < -0.39 is 0 Å². The molecule has 0 saturated heterocycles. The van der Waals surface area contributed by atoms with E-state index in [9.17, 15) is 9.18 Å². The van der Waals surface area contributed by atoms with Gasteiger partial charge in [0.1, 0.15) is 10.7 Å². The van der Waals surface area contributed by atoms with E-state index in [0.717, 1.165) is 5.69 Å². The molecule has 3 rings (SSSR count). The van der Waals surface area contributed by atoms with Gasteiger partial charge in [0.05, 0.1) is 5.69 Å². The second kappa shape index (κ2) is 7.66. The summed E-state index contributed by atoms with van der Waals surface area (Å²) in [7, 11) is 0. The quantitative estimate of drug-likeness (QED) is 0.606. The number of hydrogen-bond acceptors (Lipinski definition) is 4. The van der Waals surface area contributed by atoms with E-state index >= 15 is 0 Å². The summed E-state index contributed by atoms with van der Waals surface area (Å²) in [6.45, 7) is 6.03. The Bertz CT molecular complexity index is 919. The van der Waals surface area contributed by atoms with Crippen LogP contribution in [0.4, 0.5) is 20.9 Å². The number of halogens is 1. The van der Waals surface area contributed by atoms with Crippen molar-refractivity contribution in [2.45, 2.75) is 26.7 Å². The zero-order valence-electron chi connectivity index (χ0n) is 14.8. The maximum Gasteiger partial charge on any atom is 0.267 e. The van der Waals surface area contributed by atoms with E-state index in [0.29, 0.717) is 27.3 Å². The first-order valence-electron chi connectivity index (χ1n) is 8.33. The zero-order valence-corrected chi connectivity index (χ0v) is 15.7. The number of aromatic nitrogens is 1. The van der Waals surface area contributed by atoms with Crippen LogP contribution in [0.3, 0.4) is 0 Å². The first-order valence-corrected chi connectivity index (χ1v) is 9.15. The van der Waals surface area contributed by atoms with Crippen LogP contribution in [0, 0.1) is 12.7 Å². The summed E-state index contributed by atoms with van der Waals surface area (Å²) in [5, 5.41) is 6.48. The Morgan fingerprint density at radius 3 is 2.50 bits per heavy atom. The normalized spacial score (nSPS) is 10.8. The molecule has 0 bridgehead atoms. The Labute approximate surface area is 156 Å². The Morgan fingerprint density at radius 1 is 1.12 bits per heavy atom. The Hall–Kier alpha value is -2.73. The molecule has 0 aliphatic heterocycles. The van der Waals surface area contributed by atoms with E-state index in [2.05, 4.69) is 29.5 Å². The van der Waals surface area contributed by atoms with Gasteiger partial charge < -0.3 is 10.6 Å². The summed E-state index contributed by atoms with van der Waals surface area (Å²) in [5.41, 5.74) is 3.19. The van der Waals surface area contributed by atoms with Crippen molar-refractivity contribution in [3.8, 4) is 0 Å². The number of carbonyl (C=O) groups is 1. The van der Waals surface area contributed by atoms with Crippen molar-refractivity contribution in [2.24, 2.45) is 0 Å². The zero-order chi connectivity index (χ0) is 18.7. The molecule has 0 fully saturated rings. The molecule has 0 saturated carbocycles. The summed E-state index contributed by atoms with van der Waals surface area (Å²) in [5.74, 6) is -0.0874. The number of carbonyl (C=O) groups excluding carboxylic acids is 1. The van der Waals surface area contributed by atoms with Gasteiger partial charge >= 0.3 is 0 Å². The number of hydrogen-bond donors (Lipinski definition) is 2. The highest BCUT2D eigenvalue weighted by atomic mass is 32.1. The lowest BCUT2D eigenvalue weighted by Gasteiger charge is -2.08. The standard InChI is InChI=1S/C20H20FN3OS/c1-12(2)14-7-9-16(10-8-14)23-19(25)18-13(3)22-20(26-18)24-17-6-4-5-15(21)11-17/h4-12H,1-3H3,(H,22,24)(H,23,25). The van der Waals surface area contributed by atoms with Gasteiger partial charge in [-0.05, 0) is 48.7 Å². The molecule has 1 heterocycles. The number of amides is 1. The van der Waals surface area contributed by atoms with Crippen LogP contribution in [-0.2, 0) is 0 Å². The molecule has 0 unspecified atom stereocenters. The van der Waals surface area contributed by atoms with Gasteiger partial charge in [-0.1, -0.05) is 43.4 Å². The van der Waals surface area contributed by atoms with E-state index in [1.807, 2.05) is 24.3 Å². The predicted octanol–water partition coefficient (Wildman–Crippen LogP) is 5.71. The third kappa shape index (κ3) is 4.26. The van der Waals surface area contributed by atoms with Gasteiger partial charge in [0, 0.05) is 11.4 Å². The highest BCUT2D eigenvalue weighted by Crippen LogP contribution is 2.27. The topological polar surface area (TPSA) is 54.0 Å². The van der Waals surface area contributed by atoms with Crippen molar-refractivity contribution >= 4 is 33.8 Å². The van der Waals surface area contributed by atoms with Crippen LogP contribution in [0.2, 0.25) is 0 Å². The summed E-state index contributed by atoms with van der Waals surface area (Å²) in [6.07, 6.45) is 0. The fourth-order valence-electron chi connectivity index (χ4n) is 2.49. The molecule has 0 aliphatic rings. The van der Waals surface area contributed by atoms with Gasteiger partial charge in [0.25, 0.3) is 5.91 Å². The maximum atomic E-state index is 13.3. The van der Waals surface area contributed by atoms with Crippen LogP contribution in [0.5, 0.6) is 0 Å². The summed E-state index contributed by atoms with van der Waals surface area (Å²) >= 11 is 1.24. The smallest absolute Gasteiger partial charge is 0.267 e. The number of thiazole rings is 1. The number of nitrogens with zero attached hydrogens (tertiary/aromatic N) is 1. The molecule has 1 amide bonds. The largest absolute Gasteiger partial charge is 0.331 e. The first-order chi connectivity index (χ1) is 12.4. The van der Waals surface area contributed by atoms with Gasteiger partial charge in [-0.3, -0.25) is 4.79 Å². The van der Waals surface area contributed by atoms with Crippen molar-refractivity contribution in [1.29, 1.82) is 0 Å². The molecule has 0 atom stereocenters. The van der Waals surface area contributed by atoms with Crippen LogP contribution < -0.4 is 10.6 Å². The van der Waals surface area contributed by atoms with E-state index in [1.165, 1.54) is 29.0 Å². The molecule has 134 valence electrons. The van der Waals surface area contributed by atoms with Crippen molar-refractivity contribution in [3.05, 3.63) is 70.5 Å². The van der Waals surface area contributed by atoms with E-state index in [4.69, 9.17) is 0 Å². The summed E-state index contributed by atoms with van der Waals surface area (Å²) in [4.78, 5) is 17.4. The molecule has 2 N–H and O–H groups in total. The third-order valence-corrected chi connectivity index (χ3v) is 4.99. The molecule has 1 aromatic heterocycles. The molecule has 26 heavy (non-hydrogen) atoms. The van der Waals surface area contributed by atoms with Crippen LogP contribution in [0.1, 0.15) is 40.7 Å². The Kier molecular flexibility index (Phi) is 5.32. The fraction of sp³-hybridized carbons (Fsp3) is 0.200. The lowest BCUT2D eigenvalue weighted by atomic mass is 10.0. The van der Waals surface area contributed by atoms with Crippen molar-refractivity contribution < 1.29 is 9.18 Å². The molecule has 6 heteroatoms. The van der Waals surface area contributed by atoms with Gasteiger partial charge in [-0.15, -0.1) is 0 Å². The van der Waals surface area contributed by atoms with Crippen LogP contribution in [-0.4, -0.2) is 10.9 Å². The minimum atomic E-state index is -0.328. The second-order valence-electron chi connectivity index (χ2n) is 6.30. The molecule has 0 radical (unpaired) electrons. The van der Waals surface area contributed by atoms with Gasteiger partial charge in [-0.2, -0.15) is 0 Å². The number of rotatable bonds is 5. The molecule has 4 nitrogen and oxygen atoms in total. The molecule has 3 aromatic rings. The average molecular weight is 369 g/mol. The van der Waals surface area contributed by atoms with Crippen molar-refractivity contribution in [1.82, 2.24) is 4.98 Å². The molecule has 0 aliphatic carbocycles. The lowest BCUT2D eigenvalue weighted by Crippen LogP contribution is -2.11. The maximum absolute atomic E-state index is 13.3. The number of benzene rings is 2. The summed E-state index contributed by atoms with van der Waals surface area (Å²) in [6, 6.07) is 13.9. The van der Waals surface area contributed by atoms with Crippen LogP contribution >= 0.6 is 11.3 Å². The molecular weight excluding hydrogens is 349 g/mol. The minimum absolute atomic E-state index is 0.204. The lowest BCUT2D eigenvalue weighted by molar-refractivity contribution is 0.103. The number of nitrogens with one attached hydrogen (secondary N) is 2. The molecule has 2 aromatic carbocycles. The van der Waals surface area contributed by atoms with E-state index in [-0.39, 0.29) is 11.7 Å². The molecule has 0 spiro atoms. The van der Waals surface area contributed by atoms with E-state index in [1.54, 1.807) is 19.1 Å². The number of aryl methyl sites for hydroxylation is 1. The predicted molar refractivity (Wildman–Crippen MR) is 105 cm³/mol. The van der Waals surface area contributed by atoms with Crippen molar-refractivity contribution in [3.63, 3.8) is 0 Å². The monoisotopic (exact) mass is 369 g/mol. The van der Waals surface area contributed by atoms with Crippen molar-refractivity contribution in [2.75, 3.05) is 10.6 Å². The average Bonchev–Trinajstić information content (AvgIpc) is 2.95. The Morgan fingerprint density at radius 2 is 1.85 bits per heavy atom. The van der Waals surface area contributed by atoms with Crippen LogP contribution in [0.15, 0.2) is 48.5 Å². The highest BCUT2D eigenvalue weighted by molar-refractivity contribution is 7.17. The second-order valence-corrected chi connectivity index (χ2v) is 7.30. The SMILES string of the molecule is Cc1nc(Nc2cccc(F)c2)sc1C(=O)Nc1ccc(C(C)C)cc1. The fourth-order valence-corrected chi connectivity index (χ4v) is 3.37. The minimum Gasteiger partial charge on any atom is -0.331 e. The van der Waals surface area contributed by atoms with Gasteiger partial charge in [-0.25, -0.2) is 9.37 Å².